The third-order valence-electron chi connectivity index (χ3n) is 5.09. The van der Waals surface area contributed by atoms with Crippen molar-refractivity contribution >= 4 is 34.2 Å². The van der Waals surface area contributed by atoms with E-state index in [9.17, 15) is 15.0 Å². The van der Waals surface area contributed by atoms with Gasteiger partial charge in [-0.05, 0) is 16.4 Å². The maximum absolute atomic E-state index is 11.7. The second-order valence-corrected chi connectivity index (χ2v) is 7.44. The summed E-state index contributed by atoms with van der Waals surface area (Å²) >= 11 is 6.41. The Morgan fingerprint density at radius 3 is 2.43 bits per heavy atom. The molecule has 1 aliphatic heterocycles. The Bertz CT molecular complexity index is 797. The van der Waals surface area contributed by atoms with Gasteiger partial charge in [0.1, 0.15) is 5.75 Å². The summed E-state index contributed by atoms with van der Waals surface area (Å²) in [5.74, 6) is 0.395. The first-order valence-electron chi connectivity index (χ1n) is 7.54. The molecule has 0 radical (unpaired) electrons. The standard InChI is InChI=1S/C18H20ClNO3/c1-17(2,3)18(9-19)10-20(16(22)23)13-8-14(21)11-6-4-5-7-12(11)15(13)18/h4-8,21H,9-10H2,1-3H3,(H,22,23)/t18-/m0/s1. The van der Waals surface area contributed by atoms with Gasteiger partial charge in [-0.1, -0.05) is 45.0 Å². The topological polar surface area (TPSA) is 60.8 Å². The monoisotopic (exact) mass is 333 g/mol. The number of nitrogens with zero attached hydrogens (tertiary/aromatic N) is 1. The van der Waals surface area contributed by atoms with E-state index in [2.05, 4.69) is 20.8 Å². The third kappa shape index (κ3) is 2.08. The van der Waals surface area contributed by atoms with Crippen LogP contribution in [-0.2, 0) is 5.41 Å². The van der Waals surface area contributed by atoms with Crippen molar-refractivity contribution in [3.63, 3.8) is 0 Å². The molecule has 0 aliphatic carbocycles. The van der Waals surface area contributed by atoms with E-state index in [1.54, 1.807) is 6.07 Å². The number of phenolic OH excluding ortho intramolecular Hbond substituents is 1. The number of phenols is 1. The van der Waals surface area contributed by atoms with Gasteiger partial charge in [0.05, 0.1) is 5.69 Å². The van der Waals surface area contributed by atoms with Crippen LogP contribution in [0.25, 0.3) is 10.8 Å². The van der Waals surface area contributed by atoms with Crippen LogP contribution in [0.2, 0.25) is 0 Å². The number of fused-ring (bicyclic) bond motifs is 3. The average molecular weight is 334 g/mol. The molecule has 1 aliphatic rings. The molecule has 0 bridgehead atoms. The zero-order valence-electron chi connectivity index (χ0n) is 13.4. The van der Waals surface area contributed by atoms with Crippen LogP contribution >= 0.6 is 11.6 Å². The van der Waals surface area contributed by atoms with Gasteiger partial charge in [-0.3, -0.25) is 4.90 Å². The Labute approximate surface area is 140 Å². The molecule has 0 spiro atoms. The molecule has 0 aromatic heterocycles. The minimum atomic E-state index is -1.03. The number of halogens is 1. The van der Waals surface area contributed by atoms with E-state index in [0.717, 1.165) is 16.3 Å². The van der Waals surface area contributed by atoms with E-state index < -0.39 is 11.5 Å². The fraction of sp³-hybridized carbons (Fsp3) is 0.389. The minimum absolute atomic E-state index is 0.0879. The molecular formula is C18H20ClNO3. The molecule has 0 saturated heterocycles. The van der Waals surface area contributed by atoms with Crippen LogP contribution in [0.15, 0.2) is 30.3 Å². The van der Waals surface area contributed by atoms with Crippen LogP contribution in [-0.4, -0.2) is 28.7 Å². The van der Waals surface area contributed by atoms with E-state index in [1.165, 1.54) is 4.90 Å². The van der Waals surface area contributed by atoms with Gasteiger partial charge in [0.2, 0.25) is 0 Å². The number of carboxylic acid groups (broad SMARTS) is 1. The third-order valence-corrected chi connectivity index (χ3v) is 5.55. The van der Waals surface area contributed by atoms with Crippen LogP contribution < -0.4 is 4.90 Å². The highest BCUT2D eigenvalue weighted by Gasteiger charge is 2.52. The van der Waals surface area contributed by atoms with E-state index in [4.69, 9.17) is 11.6 Å². The van der Waals surface area contributed by atoms with Gasteiger partial charge in [-0.15, -0.1) is 11.6 Å². The molecule has 23 heavy (non-hydrogen) atoms. The van der Waals surface area contributed by atoms with Crippen molar-refractivity contribution in [2.75, 3.05) is 17.3 Å². The Hall–Kier alpha value is -1.94. The Morgan fingerprint density at radius 1 is 1.30 bits per heavy atom. The van der Waals surface area contributed by atoms with Crippen molar-refractivity contribution in [1.29, 1.82) is 0 Å². The lowest BCUT2D eigenvalue weighted by Crippen LogP contribution is -2.46. The number of amides is 1. The molecule has 122 valence electrons. The van der Waals surface area contributed by atoms with Crippen molar-refractivity contribution in [3.8, 4) is 5.75 Å². The second-order valence-electron chi connectivity index (χ2n) is 7.17. The summed E-state index contributed by atoms with van der Waals surface area (Å²) in [7, 11) is 0. The molecule has 1 atom stereocenters. The van der Waals surface area contributed by atoms with E-state index >= 15 is 0 Å². The van der Waals surface area contributed by atoms with E-state index in [1.807, 2.05) is 24.3 Å². The molecule has 0 saturated carbocycles. The van der Waals surface area contributed by atoms with Crippen molar-refractivity contribution < 1.29 is 15.0 Å². The van der Waals surface area contributed by atoms with Crippen LogP contribution in [0.4, 0.5) is 10.5 Å². The van der Waals surface area contributed by atoms with Crippen LogP contribution in [0.5, 0.6) is 5.75 Å². The maximum Gasteiger partial charge on any atom is 0.411 e. The second kappa shape index (κ2) is 5.03. The van der Waals surface area contributed by atoms with Crippen molar-refractivity contribution in [2.24, 2.45) is 5.41 Å². The van der Waals surface area contributed by atoms with Crippen LogP contribution in [0.1, 0.15) is 26.3 Å². The molecule has 4 nitrogen and oxygen atoms in total. The molecule has 0 fully saturated rings. The minimum Gasteiger partial charge on any atom is -0.507 e. The van der Waals surface area contributed by atoms with Gasteiger partial charge in [-0.25, -0.2) is 4.79 Å². The largest absolute Gasteiger partial charge is 0.507 e. The van der Waals surface area contributed by atoms with Gasteiger partial charge >= 0.3 is 6.09 Å². The molecule has 2 N–H and O–H groups in total. The lowest BCUT2D eigenvalue weighted by atomic mass is 9.64. The van der Waals surface area contributed by atoms with Crippen LogP contribution in [0, 0.1) is 5.41 Å². The van der Waals surface area contributed by atoms with Crippen molar-refractivity contribution in [1.82, 2.24) is 0 Å². The molecule has 2 aromatic rings. The fourth-order valence-corrected chi connectivity index (χ4v) is 4.20. The van der Waals surface area contributed by atoms with Gasteiger partial charge in [0.15, 0.2) is 0 Å². The summed E-state index contributed by atoms with van der Waals surface area (Å²) in [5.41, 5.74) is 0.684. The Balaban J connectivity index is 2.46. The summed E-state index contributed by atoms with van der Waals surface area (Å²) in [6.07, 6.45) is -1.03. The van der Waals surface area contributed by atoms with Gasteiger partial charge in [-0.2, -0.15) is 0 Å². The van der Waals surface area contributed by atoms with Gasteiger partial charge in [0.25, 0.3) is 0 Å². The quantitative estimate of drug-likeness (QED) is 0.752. The lowest BCUT2D eigenvalue weighted by molar-refractivity contribution is 0.192. The molecule has 1 heterocycles. The summed E-state index contributed by atoms with van der Waals surface area (Å²) in [4.78, 5) is 13.0. The average Bonchev–Trinajstić information content (AvgIpc) is 2.83. The Morgan fingerprint density at radius 2 is 1.91 bits per heavy atom. The molecule has 1 amide bonds. The maximum atomic E-state index is 11.7. The lowest BCUT2D eigenvalue weighted by Gasteiger charge is -2.41. The highest BCUT2D eigenvalue weighted by molar-refractivity contribution is 6.19. The van der Waals surface area contributed by atoms with E-state index in [-0.39, 0.29) is 17.7 Å². The Kier molecular flexibility index (Phi) is 3.49. The molecule has 5 heteroatoms. The summed E-state index contributed by atoms with van der Waals surface area (Å²) in [5, 5.41) is 21.5. The first-order valence-corrected chi connectivity index (χ1v) is 8.08. The first kappa shape index (κ1) is 15.9. The number of rotatable bonds is 1. The van der Waals surface area contributed by atoms with E-state index in [0.29, 0.717) is 11.6 Å². The van der Waals surface area contributed by atoms with Crippen molar-refractivity contribution in [2.45, 2.75) is 26.2 Å². The summed E-state index contributed by atoms with van der Waals surface area (Å²) in [6, 6.07) is 9.07. The SMILES string of the molecule is CC(C)(C)[C@@]1(CCl)CN(C(=O)O)c2cc(O)c3ccccc3c21. The molecule has 2 aromatic carbocycles. The number of benzene rings is 2. The van der Waals surface area contributed by atoms with Gasteiger partial charge in [0, 0.05) is 29.3 Å². The number of carbonyl (C=O) groups is 1. The molecule has 0 unspecified atom stereocenters. The normalized spacial score (nSPS) is 20.8. The number of hydrogen-bond donors (Lipinski definition) is 2. The fourth-order valence-electron chi connectivity index (χ4n) is 3.58. The van der Waals surface area contributed by atoms with Crippen molar-refractivity contribution in [3.05, 3.63) is 35.9 Å². The zero-order valence-corrected chi connectivity index (χ0v) is 14.2. The molecule has 3 rings (SSSR count). The first-order chi connectivity index (χ1) is 10.7. The molecular weight excluding hydrogens is 314 g/mol. The number of hydrogen-bond acceptors (Lipinski definition) is 2. The highest BCUT2D eigenvalue weighted by Crippen LogP contribution is 2.55. The zero-order chi connectivity index (χ0) is 17.0. The summed E-state index contributed by atoms with van der Waals surface area (Å²) < 4.78 is 0. The number of alkyl halides is 1. The van der Waals surface area contributed by atoms with Gasteiger partial charge < -0.3 is 10.2 Å². The predicted molar refractivity (Wildman–Crippen MR) is 92.8 cm³/mol. The summed E-state index contributed by atoms with van der Waals surface area (Å²) in [6.45, 7) is 6.52. The van der Waals surface area contributed by atoms with Crippen LogP contribution in [0.3, 0.4) is 0 Å². The predicted octanol–water partition coefficient (Wildman–Crippen LogP) is 4.57. The highest BCUT2D eigenvalue weighted by atomic mass is 35.5. The number of anilines is 1. The number of aromatic hydroxyl groups is 1. The smallest absolute Gasteiger partial charge is 0.411 e.